The third-order valence-electron chi connectivity index (χ3n) is 3.07. The standard InChI is InChI=1S/C13H19N/c1-2-10-4-3-5-12(8-10)13(14)9-11-6-7-11/h3-5,8,11,13H,2,6-7,9,14H2,1H3/t13-/m0/s1. The number of rotatable bonds is 4. The van der Waals surface area contributed by atoms with Gasteiger partial charge in [-0.15, -0.1) is 0 Å². The molecule has 1 fully saturated rings. The highest BCUT2D eigenvalue weighted by Crippen LogP contribution is 2.36. The Morgan fingerprint density at radius 2 is 2.21 bits per heavy atom. The van der Waals surface area contributed by atoms with Crippen molar-refractivity contribution in [2.75, 3.05) is 0 Å². The van der Waals surface area contributed by atoms with Gasteiger partial charge in [0.15, 0.2) is 0 Å². The van der Waals surface area contributed by atoms with Gasteiger partial charge in [0.2, 0.25) is 0 Å². The molecule has 1 aliphatic carbocycles. The van der Waals surface area contributed by atoms with Gasteiger partial charge in [-0.25, -0.2) is 0 Å². The topological polar surface area (TPSA) is 26.0 Å². The Balaban J connectivity index is 2.05. The summed E-state index contributed by atoms with van der Waals surface area (Å²) >= 11 is 0. The summed E-state index contributed by atoms with van der Waals surface area (Å²) in [6.07, 6.45) is 5.06. The molecule has 0 radical (unpaired) electrons. The molecule has 0 spiro atoms. The molecule has 0 heterocycles. The molecular weight excluding hydrogens is 170 g/mol. The molecule has 1 nitrogen and oxygen atoms in total. The summed E-state index contributed by atoms with van der Waals surface area (Å²) < 4.78 is 0. The van der Waals surface area contributed by atoms with E-state index in [2.05, 4.69) is 31.2 Å². The number of hydrogen-bond donors (Lipinski definition) is 1. The summed E-state index contributed by atoms with van der Waals surface area (Å²) in [5.41, 5.74) is 8.87. The van der Waals surface area contributed by atoms with Crippen molar-refractivity contribution in [2.24, 2.45) is 11.7 Å². The Morgan fingerprint density at radius 1 is 1.43 bits per heavy atom. The Bertz CT molecular complexity index is 302. The number of nitrogens with two attached hydrogens (primary N) is 1. The molecule has 0 aromatic heterocycles. The van der Waals surface area contributed by atoms with E-state index in [1.807, 2.05) is 0 Å². The van der Waals surface area contributed by atoms with E-state index in [-0.39, 0.29) is 6.04 Å². The van der Waals surface area contributed by atoms with E-state index >= 15 is 0 Å². The second-order valence-electron chi connectivity index (χ2n) is 4.38. The number of benzene rings is 1. The van der Waals surface area contributed by atoms with Crippen molar-refractivity contribution in [3.05, 3.63) is 35.4 Å². The molecule has 1 aromatic rings. The minimum Gasteiger partial charge on any atom is -0.324 e. The van der Waals surface area contributed by atoms with Crippen LogP contribution in [-0.4, -0.2) is 0 Å². The lowest BCUT2D eigenvalue weighted by molar-refractivity contribution is 0.596. The predicted octanol–water partition coefficient (Wildman–Crippen LogP) is 3.05. The fraction of sp³-hybridized carbons (Fsp3) is 0.538. The van der Waals surface area contributed by atoms with Gasteiger partial charge >= 0.3 is 0 Å². The molecule has 76 valence electrons. The van der Waals surface area contributed by atoms with E-state index in [4.69, 9.17) is 5.73 Å². The van der Waals surface area contributed by atoms with E-state index in [0.29, 0.717) is 0 Å². The highest BCUT2D eigenvalue weighted by Gasteiger charge is 2.24. The molecule has 14 heavy (non-hydrogen) atoms. The van der Waals surface area contributed by atoms with Gasteiger partial charge in [0, 0.05) is 6.04 Å². The summed E-state index contributed by atoms with van der Waals surface area (Å²) in [6, 6.07) is 8.97. The first kappa shape index (κ1) is 9.72. The van der Waals surface area contributed by atoms with Gasteiger partial charge in [-0.1, -0.05) is 44.0 Å². The molecular formula is C13H19N. The SMILES string of the molecule is CCc1cccc([C@@H](N)CC2CC2)c1. The monoisotopic (exact) mass is 189 g/mol. The van der Waals surface area contributed by atoms with Crippen molar-refractivity contribution in [3.63, 3.8) is 0 Å². The van der Waals surface area contributed by atoms with Crippen LogP contribution < -0.4 is 5.73 Å². The van der Waals surface area contributed by atoms with Crippen molar-refractivity contribution in [2.45, 2.75) is 38.6 Å². The maximum Gasteiger partial charge on any atom is 0.0297 e. The maximum absolute atomic E-state index is 6.16. The molecule has 2 N–H and O–H groups in total. The summed E-state index contributed by atoms with van der Waals surface area (Å²) in [5.74, 6) is 0.912. The Labute approximate surface area is 86.3 Å². The molecule has 1 aliphatic rings. The molecule has 0 amide bonds. The highest BCUT2D eigenvalue weighted by molar-refractivity contribution is 5.26. The van der Waals surface area contributed by atoms with E-state index in [0.717, 1.165) is 12.3 Å². The first-order valence-corrected chi connectivity index (χ1v) is 5.64. The average Bonchev–Trinajstić information content (AvgIpc) is 3.02. The largest absolute Gasteiger partial charge is 0.324 e. The lowest BCUT2D eigenvalue weighted by atomic mass is 9.99. The molecule has 1 atom stereocenters. The van der Waals surface area contributed by atoms with Crippen molar-refractivity contribution in [3.8, 4) is 0 Å². The molecule has 2 rings (SSSR count). The number of hydrogen-bond acceptors (Lipinski definition) is 1. The smallest absolute Gasteiger partial charge is 0.0297 e. The third kappa shape index (κ3) is 2.36. The zero-order valence-electron chi connectivity index (χ0n) is 8.87. The van der Waals surface area contributed by atoms with E-state index in [9.17, 15) is 0 Å². The van der Waals surface area contributed by atoms with Crippen LogP contribution in [0.15, 0.2) is 24.3 Å². The van der Waals surface area contributed by atoms with Crippen molar-refractivity contribution in [1.82, 2.24) is 0 Å². The Kier molecular flexibility index (Phi) is 2.87. The van der Waals surface area contributed by atoms with Gasteiger partial charge < -0.3 is 5.73 Å². The summed E-state index contributed by atoms with van der Waals surface area (Å²) in [6.45, 7) is 2.19. The van der Waals surface area contributed by atoms with Gasteiger partial charge in [-0.3, -0.25) is 0 Å². The maximum atomic E-state index is 6.16. The van der Waals surface area contributed by atoms with Gasteiger partial charge in [0.05, 0.1) is 0 Å². The van der Waals surface area contributed by atoms with Crippen molar-refractivity contribution < 1.29 is 0 Å². The van der Waals surface area contributed by atoms with Crippen LogP contribution in [0.2, 0.25) is 0 Å². The second kappa shape index (κ2) is 4.14. The zero-order chi connectivity index (χ0) is 9.97. The lowest BCUT2D eigenvalue weighted by Crippen LogP contribution is -2.11. The van der Waals surface area contributed by atoms with Gasteiger partial charge in [-0.2, -0.15) is 0 Å². The third-order valence-corrected chi connectivity index (χ3v) is 3.07. The van der Waals surface area contributed by atoms with E-state index in [1.54, 1.807) is 0 Å². The molecule has 1 heteroatoms. The van der Waals surface area contributed by atoms with E-state index in [1.165, 1.54) is 30.4 Å². The molecule has 0 unspecified atom stereocenters. The van der Waals surface area contributed by atoms with Crippen molar-refractivity contribution >= 4 is 0 Å². The van der Waals surface area contributed by atoms with Crippen LogP contribution >= 0.6 is 0 Å². The van der Waals surface area contributed by atoms with E-state index < -0.39 is 0 Å². The molecule has 0 bridgehead atoms. The minimum atomic E-state index is 0.258. The second-order valence-corrected chi connectivity index (χ2v) is 4.38. The fourth-order valence-corrected chi connectivity index (χ4v) is 1.89. The van der Waals surface area contributed by atoms with Gasteiger partial charge in [0.1, 0.15) is 0 Å². The van der Waals surface area contributed by atoms with Crippen LogP contribution in [0.1, 0.15) is 43.4 Å². The first-order chi connectivity index (χ1) is 6.79. The fourth-order valence-electron chi connectivity index (χ4n) is 1.89. The van der Waals surface area contributed by atoms with Crippen LogP contribution in [0, 0.1) is 5.92 Å². The quantitative estimate of drug-likeness (QED) is 0.774. The number of aryl methyl sites for hydroxylation is 1. The van der Waals surface area contributed by atoms with Crippen LogP contribution in [0.25, 0.3) is 0 Å². The lowest BCUT2D eigenvalue weighted by Gasteiger charge is -2.12. The summed E-state index contributed by atoms with van der Waals surface area (Å²) in [5, 5.41) is 0. The van der Waals surface area contributed by atoms with Gasteiger partial charge in [0.25, 0.3) is 0 Å². The molecule has 1 aromatic carbocycles. The normalized spacial score (nSPS) is 18.1. The van der Waals surface area contributed by atoms with Crippen LogP contribution in [-0.2, 0) is 6.42 Å². The first-order valence-electron chi connectivity index (χ1n) is 5.64. The minimum absolute atomic E-state index is 0.258. The summed E-state index contributed by atoms with van der Waals surface area (Å²) in [7, 11) is 0. The highest BCUT2D eigenvalue weighted by atomic mass is 14.6. The molecule has 1 saturated carbocycles. The predicted molar refractivity (Wildman–Crippen MR) is 60.1 cm³/mol. The van der Waals surface area contributed by atoms with Crippen LogP contribution in [0.3, 0.4) is 0 Å². The summed E-state index contributed by atoms with van der Waals surface area (Å²) in [4.78, 5) is 0. The van der Waals surface area contributed by atoms with Crippen LogP contribution in [0.4, 0.5) is 0 Å². The van der Waals surface area contributed by atoms with Crippen molar-refractivity contribution in [1.29, 1.82) is 0 Å². The van der Waals surface area contributed by atoms with Gasteiger partial charge in [-0.05, 0) is 29.9 Å². The molecule has 0 saturated heterocycles. The molecule has 0 aliphatic heterocycles. The Hall–Kier alpha value is -0.820. The zero-order valence-corrected chi connectivity index (χ0v) is 8.87. The van der Waals surface area contributed by atoms with Crippen LogP contribution in [0.5, 0.6) is 0 Å². The average molecular weight is 189 g/mol. The Morgan fingerprint density at radius 3 is 2.86 bits per heavy atom.